The molecule has 7 nitrogen and oxygen atoms in total. The van der Waals surface area contributed by atoms with Crippen LogP contribution in [0.2, 0.25) is 5.02 Å². The highest BCUT2D eigenvalue weighted by atomic mass is 35.5. The molecule has 0 radical (unpaired) electrons. The molecule has 1 fully saturated rings. The Labute approximate surface area is 188 Å². The van der Waals surface area contributed by atoms with Gasteiger partial charge in [0.2, 0.25) is 16.8 Å². The summed E-state index contributed by atoms with van der Waals surface area (Å²) in [5.41, 5.74) is 1.90. The van der Waals surface area contributed by atoms with Gasteiger partial charge in [0.15, 0.2) is 11.5 Å². The second kappa shape index (κ2) is 9.24. The van der Waals surface area contributed by atoms with E-state index in [-0.39, 0.29) is 11.7 Å². The van der Waals surface area contributed by atoms with Gasteiger partial charge in [-0.3, -0.25) is 4.90 Å². The minimum atomic E-state index is -3.71. The van der Waals surface area contributed by atoms with Gasteiger partial charge in [0.05, 0.1) is 6.61 Å². The third-order valence-electron chi connectivity index (χ3n) is 5.48. The van der Waals surface area contributed by atoms with Crippen molar-refractivity contribution in [3.63, 3.8) is 0 Å². The number of benzene rings is 2. The average molecular weight is 467 g/mol. The Balaban J connectivity index is 1.45. The van der Waals surface area contributed by atoms with E-state index in [9.17, 15) is 8.42 Å². The van der Waals surface area contributed by atoms with Crippen molar-refractivity contribution in [2.75, 3.05) is 39.6 Å². The first kappa shape index (κ1) is 22.2. The van der Waals surface area contributed by atoms with E-state index in [1.807, 2.05) is 32.0 Å². The molecule has 0 N–H and O–H groups in total. The van der Waals surface area contributed by atoms with Crippen molar-refractivity contribution in [1.29, 1.82) is 0 Å². The van der Waals surface area contributed by atoms with Crippen LogP contribution < -0.4 is 14.2 Å². The summed E-state index contributed by atoms with van der Waals surface area (Å²) >= 11 is 6.25. The minimum Gasteiger partial charge on any atom is -0.492 e. The predicted octanol–water partition coefficient (Wildman–Crippen LogP) is 3.67. The van der Waals surface area contributed by atoms with Crippen LogP contribution in [0, 0.1) is 6.92 Å². The summed E-state index contributed by atoms with van der Waals surface area (Å²) in [6.07, 6.45) is 0.791. The van der Waals surface area contributed by atoms with Crippen LogP contribution in [0.25, 0.3) is 0 Å². The maximum absolute atomic E-state index is 13.4. The third-order valence-corrected chi connectivity index (χ3v) is 7.81. The molecule has 0 aromatic heterocycles. The van der Waals surface area contributed by atoms with Crippen LogP contribution in [0.5, 0.6) is 17.2 Å². The van der Waals surface area contributed by atoms with Crippen molar-refractivity contribution >= 4 is 21.6 Å². The number of aryl methyl sites for hydroxylation is 1. The number of sulfonamides is 1. The second-order valence-corrected chi connectivity index (χ2v) is 10.1. The Hall–Kier alpha value is -2.00. The normalized spacial score (nSPS) is 17.1. The van der Waals surface area contributed by atoms with Crippen molar-refractivity contribution < 1.29 is 22.6 Å². The van der Waals surface area contributed by atoms with Crippen LogP contribution in [0.3, 0.4) is 0 Å². The number of piperazine rings is 1. The highest BCUT2D eigenvalue weighted by Crippen LogP contribution is 2.34. The van der Waals surface area contributed by atoms with E-state index in [0.29, 0.717) is 43.6 Å². The van der Waals surface area contributed by atoms with Crippen molar-refractivity contribution in [2.45, 2.75) is 31.7 Å². The molecule has 168 valence electrons. The van der Waals surface area contributed by atoms with Crippen LogP contribution in [-0.2, 0) is 16.6 Å². The second-order valence-electron chi connectivity index (χ2n) is 7.76. The summed E-state index contributed by atoms with van der Waals surface area (Å²) in [5, 5.41) is 0.420. The van der Waals surface area contributed by atoms with E-state index in [1.54, 1.807) is 6.07 Å². The van der Waals surface area contributed by atoms with Crippen LogP contribution in [0.1, 0.15) is 24.5 Å². The lowest BCUT2D eigenvalue weighted by Crippen LogP contribution is -2.48. The van der Waals surface area contributed by atoms with Gasteiger partial charge in [-0.15, -0.1) is 0 Å². The Morgan fingerprint density at radius 1 is 1.06 bits per heavy atom. The molecule has 0 spiro atoms. The highest BCUT2D eigenvalue weighted by Gasteiger charge is 2.31. The van der Waals surface area contributed by atoms with Crippen molar-refractivity contribution in [1.82, 2.24) is 9.21 Å². The molecule has 2 aliphatic heterocycles. The number of hydrogen-bond acceptors (Lipinski definition) is 6. The number of fused-ring (bicyclic) bond motifs is 1. The van der Waals surface area contributed by atoms with E-state index < -0.39 is 10.0 Å². The van der Waals surface area contributed by atoms with Gasteiger partial charge in [0.25, 0.3) is 0 Å². The monoisotopic (exact) mass is 466 g/mol. The van der Waals surface area contributed by atoms with Crippen LogP contribution in [-0.4, -0.2) is 57.2 Å². The summed E-state index contributed by atoms with van der Waals surface area (Å²) in [5.74, 6) is 1.89. The molecule has 1 saturated heterocycles. The maximum atomic E-state index is 13.4. The number of halogens is 1. The molecule has 0 unspecified atom stereocenters. The van der Waals surface area contributed by atoms with Crippen molar-refractivity contribution in [3.8, 4) is 17.2 Å². The number of ether oxygens (including phenoxy) is 3. The zero-order valence-corrected chi connectivity index (χ0v) is 19.3. The lowest BCUT2D eigenvalue weighted by molar-refractivity contribution is 0.173. The summed E-state index contributed by atoms with van der Waals surface area (Å²) < 4.78 is 44.8. The molecule has 0 atom stereocenters. The highest BCUT2D eigenvalue weighted by molar-refractivity contribution is 7.89. The Bertz CT molecular complexity index is 1050. The predicted molar refractivity (Wildman–Crippen MR) is 119 cm³/mol. The molecule has 0 aliphatic carbocycles. The Morgan fingerprint density at radius 3 is 2.55 bits per heavy atom. The Morgan fingerprint density at radius 2 is 1.81 bits per heavy atom. The van der Waals surface area contributed by atoms with Crippen molar-refractivity contribution in [2.24, 2.45) is 0 Å². The Kier molecular flexibility index (Phi) is 6.62. The molecule has 2 aromatic rings. The van der Waals surface area contributed by atoms with Gasteiger partial charge in [-0.2, -0.15) is 4.31 Å². The first-order valence-electron chi connectivity index (χ1n) is 10.4. The first-order valence-corrected chi connectivity index (χ1v) is 12.2. The fraction of sp³-hybridized carbons (Fsp3) is 0.455. The van der Waals surface area contributed by atoms with E-state index in [2.05, 4.69) is 4.90 Å². The third kappa shape index (κ3) is 4.77. The van der Waals surface area contributed by atoms with Gasteiger partial charge >= 0.3 is 0 Å². The SMILES string of the molecule is CCCOc1cc(C)c(Cl)cc1S(=O)(=O)N1CCN(Cc2ccc3c(c2)OCO3)CC1. The van der Waals surface area contributed by atoms with Gasteiger partial charge in [-0.05, 0) is 48.7 Å². The zero-order valence-electron chi connectivity index (χ0n) is 17.8. The fourth-order valence-corrected chi connectivity index (χ4v) is 5.52. The fourth-order valence-electron chi connectivity index (χ4n) is 3.73. The van der Waals surface area contributed by atoms with E-state index >= 15 is 0 Å². The molecule has 0 bridgehead atoms. The molecule has 0 amide bonds. The largest absolute Gasteiger partial charge is 0.492 e. The summed E-state index contributed by atoms with van der Waals surface area (Å²) in [7, 11) is -3.71. The number of nitrogens with zero attached hydrogens (tertiary/aromatic N) is 2. The van der Waals surface area contributed by atoms with Crippen LogP contribution >= 0.6 is 11.6 Å². The summed E-state index contributed by atoms with van der Waals surface area (Å²) in [6, 6.07) is 9.13. The first-order chi connectivity index (χ1) is 14.9. The number of rotatable bonds is 7. The lowest BCUT2D eigenvalue weighted by atomic mass is 10.2. The van der Waals surface area contributed by atoms with E-state index in [0.717, 1.165) is 35.6 Å². The minimum absolute atomic E-state index is 0.140. The molecule has 0 saturated carbocycles. The molecule has 2 aliphatic rings. The van der Waals surface area contributed by atoms with Gasteiger partial charge in [0, 0.05) is 37.7 Å². The standard InChI is InChI=1S/C22H27ClN2O5S/c1-3-10-28-21-11-16(2)18(23)13-22(21)31(26,27)25-8-6-24(7-9-25)14-17-4-5-19-20(12-17)30-15-29-19/h4-5,11-13H,3,6-10,14-15H2,1-2H3. The average Bonchev–Trinajstić information content (AvgIpc) is 3.22. The van der Waals surface area contributed by atoms with Gasteiger partial charge in [-0.25, -0.2) is 8.42 Å². The zero-order chi connectivity index (χ0) is 22.0. The molecule has 2 aromatic carbocycles. The van der Waals surface area contributed by atoms with E-state index in [1.165, 1.54) is 10.4 Å². The maximum Gasteiger partial charge on any atom is 0.246 e. The quantitative estimate of drug-likeness (QED) is 0.620. The number of hydrogen-bond donors (Lipinski definition) is 0. The van der Waals surface area contributed by atoms with Crippen molar-refractivity contribution in [3.05, 3.63) is 46.5 Å². The molecule has 9 heteroatoms. The lowest BCUT2D eigenvalue weighted by Gasteiger charge is -2.34. The van der Waals surface area contributed by atoms with Crippen LogP contribution in [0.15, 0.2) is 35.2 Å². The van der Waals surface area contributed by atoms with E-state index in [4.69, 9.17) is 25.8 Å². The smallest absolute Gasteiger partial charge is 0.246 e. The molecular weight excluding hydrogens is 440 g/mol. The summed E-state index contributed by atoms with van der Waals surface area (Å²) in [4.78, 5) is 2.38. The molecule has 4 rings (SSSR count). The molecule has 2 heterocycles. The molecular formula is C22H27ClN2O5S. The van der Waals surface area contributed by atoms with Gasteiger partial charge in [-0.1, -0.05) is 24.6 Å². The van der Waals surface area contributed by atoms with Crippen LogP contribution in [0.4, 0.5) is 0 Å². The summed E-state index contributed by atoms with van der Waals surface area (Å²) in [6.45, 7) is 7.34. The topological polar surface area (TPSA) is 68.3 Å². The molecule has 31 heavy (non-hydrogen) atoms. The van der Waals surface area contributed by atoms with Gasteiger partial charge < -0.3 is 14.2 Å². The van der Waals surface area contributed by atoms with Gasteiger partial charge in [0.1, 0.15) is 10.6 Å².